The van der Waals surface area contributed by atoms with Gasteiger partial charge in [0.05, 0.1) is 5.69 Å². The molecule has 0 heterocycles. The van der Waals surface area contributed by atoms with E-state index in [1.54, 1.807) is 0 Å². The first-order valence-corrected chi connectivity index (χ1v) is 5.84. The Balaban J connectivity index is 3.29. The molecule has 4 heteroatoms. The van der Waals surface area contributed by atoms with Gasteiger partial charge in [0.1, 0.15) is 0 Å². The molecule has 1 aromatic carbocycles. The first-order chi connectivity index (χ1) is 7.71. The molecule has 0 aliphatic heterocycles. The van der Waals surface area contributed by atoms with E-state index in [-0.39, 0.29) is 16.3 Å². The first-order valence-electron chi connectivity index (χ1n) is 5.43. The number of thiocarbonyl (C=S) groups is 1. The summed E-state index contributed by atoms with van der Waals surface area (Å²) in [6, 6.07) is 5.70. The minimum Gasteiger partial charge on any atom is -0.376 e. The Morgan fingerprint density at radius 1 is 1.35 bits per heavy atom. The molecule has 92 valence electrons. The number of ketones is 1. The summed E-state index contributed by atoms with van der Waals surface area (Å²) < 4.78 is 0. The van der Waals surface area contributed by atoms with Crippen molar-refractivity contribution in [1.82, 2.24) is 0 Å². The van der Waals surface area contributed by atoms with E-state index in [2.05, 4.69) is 26.1 Å². The van der Waals surface area contributed by atoms with Gasteiger partial charge in [-0.05, 0) is 42.3 Å². The van der Waals surface area contributed by atoms with Crippen LogP contribution in [0, 0.1) is 0 Å². The predicted molar refractivity (Wildman–Crippen MR) is 75.6 cm³/mol. The Kier molecular flexibility index (Phi) is 3.88. The maximum atomic E-state index is 11.5. The molecule has 0 aliphatic rings. The van der Waals surface area contributed by atoms with Gasteiger partial charge in [-0.1, -0.05) is 26.8 Å². The third-order valence-electron chi connectivity index (χ3n) is 2.52. The molecule has 0 aliphatic carbocycles. The monoisotopic (exact) mass is 250 g/mol. The topological polar surface area (TPSA) is 55.1 Å². The van der Waals surface area contributed by atoms with Crippen molar-refractivity contribution < 1.29 is 4.79 Å². The van der Waals surface area contributed by atoms with Gasteiger partial charge < -0.3 is 11.1 Å². The van der Waals surface area contributed by atoms with Gasteiger partial charge in [-0.15, -0.1) is 0 Å². The third-order valence-corrected chi connectivity index (χ3v) is 2.62. The number of hydrogen-bond acceptors (Lipinski definition) is 2. The number of hydrogen-bond donors (Lipinski definition) is 2. The van der Waals surface area contributed by atoms with Crippen LogP contribution in [-0.2, 0) is 5.41 Å². The van der Waals surface area contributed by atoms with E-state index < -0.39 is 0 Å². The van der Waals surface area contributed by atoms with E-state index >= 15 is 0 Å². The molecule has 0 bridgehead atoms. The molecule has 1 aromatic rings. The second-order valence-electron chi connectivity index (χ2n) is 5.06. The molecular weight excluding hydrogens is 232 g/mol. The summed E-state index contributed by atoms with van der Waals surface area (Å²) in [6.07, 6.45) is 0. The molecule has 0 aromatic heterocycles. The van der Waals surface area contributed by atoms with Crippen molar-refractivity contribution in [1.29, 1.82) is 0 Å². The highest BCUT2D eigenvalue weighted by molar-refractivity contribution is 7.80. The predicted octanol–water partition coefficient (Wildman–Crippen LogP) is 2.84. The molecule has 0 saturated carbocycles. The van der Waals surface area contributed by atoms with E-state index in [1.807, 2.05) is 18.2 Å². The lowest BCUT2D eigenvalue weighted by atomic mass is 9.86. The zero-order valence-electron chi connectivity index (χ0n) is 10.6. The molecule has 1 rings (SSSR count). The minimum absolute atomic E-state index is 0.00999. The molecule has 0 radical (unpaired) electrons. The Hall–Kier alpha value is -1.42. The fraction of sp³-hybridized carbons (Fsp3) is 0.385. The normalized spacial score (nSPS) is 11.1. The summed E-state index contributed by atoms with van der Waals surface area (Å²) in [5, 5.41) is 3.02. The van der Waals surface area contributed by atoms with Gasteiger partial charge in [0.2, 0.25) is 0 Å². The smallest absolute Gasteiger partial charge is 0.168 e. The number of rotatable bonds is 2. The van der Waals surface area contributed by atoms with E-state index in [4.69, 9.17) is 18.0 Å². The molecule has 0 atom stereocenters. The summed E-state index contributed by atoms with van der Waals surface area (Å²) in [5.41, 5.74) is 7.88. The summed E-state index contributed by atoms with van der Waals surface area (Å²) in [7, 11) is 0. The molecule has 0 saturated heterocycles. The van der Waals surface area contributed by atoms with E-state index in [9.17, 15) is 4.79 Å². The fourth-order valence-corrected chi connectivity index (χ4v) is 1.66. The maximum Gasteiger partial charge on any atom is 0.168 e. The standard InChI is InChI=1S/C13H18N2OS/c1-8(16)10-6-5-9(13(2,3)4)7-11(10)15-12(14)17/h5-7H,1-4H3,(H3,14,15,17). The fourth-order valence-electron chi connectivity index (χ4n) is 1.55. The van der Waals surface area contributed by atoms with Crippen molar-refractivity contribution in [3.05, 3.63) is 29.3 Å². The summed E-state index contributed by atoms with van der Waals surface area (Å²) in [4.78, 5) is 11.5. The zero-order valence-corrected chi connectivity index (χ0v) is 11.4. The molecule has 3 nitrogen and oxygen atoms in total. The number of nitrogens with one attached hydrogen (secondary N) is 1. The quantitative estimate of drug-likeness (QED) is 0.626. The number of carbonyl (C=O) groups is 1. The van der Waals surface area contributed by atoms with Crippen LogP contribution < -0.4 is 11.1 Å². The van der Waals surface area contributed by atoms with Crippen LogP contribution in [0.15, 0.2) is 18.2 Å². The molecule has 3 N–H and O–H groups in total. The number of Topliss-reactive ketones (excluding diaryl/α,β-unsaturated/α-hetero) is 1. The summed E-state index contributed by atoms with van der Waals surface area (Å²) >= 11 is 4.82. The Labute approximate surface area is 107 Å². The molecule has 0 unspecified atom stereocenters. The van der Waals surface area contributed by atoms with Crippen LogP contribution >= 0.6 is 12.2 Å². The number of nitrogens with two attached hydrogens (primary N) is 1. The van der Waals surface area contributed by atoms with Crippen LogP contribution in [0.2, 0.25) is 0 Å². The Morgan fingerprint density at radius 3 is 2.35 bits per heavy atom. The van der Waals surface area contributed by atoms with E-state index in [0.717, 1.165) is 5.56 Å². The van der Waals surface area contributed by atoms with Crippen LogP contribution in [-0.4, -0.2) is 10.9 Å². The lowest BCUT2D eigenvalue weighted by Gasteiger charge is -2.21. The van der Waals surface area contributed by atoms with Gasteiger partial charge in [0.25, 0.3) is 0 Å². The summed E-state index contributed by atoms with van der Waals surface area (Å²) in [5.74, 6) is -0.00999. The van der Waals surface area contributed by atoms with Gasteiger partial charge in [0.15, 0.2) is 10.9 Å². The molecule has 0 spiro atoms. The minimum atomic E-state index is -0.00999. The van der Waals surface area contributed by atoms with Gasteiger partial charge >= 0.3 is 0 Å². The lowest BCUT2D eigenvalue weighted by molar-refractivity contribution is 0.101. The van der Waals surface area contributed by atoms with Gasteiger partial charge in [-0.3, -0.25) is 4.79 Å². The summed E-state index contributed by atoms with van der Waals surface area (Å²) in [6.45, 7) is 7.86. The van der Waals surface area contributed by atoms with Gasteiger partial charge in [0, 0.05) is 5.56 Å². The van der Waals surface area contributed by atoms with Crippen molar-refractivity contribution in [3.8, 4) is 0 Å². The molecule has 0 fully saturated rings. The Morgan fingerprint density at radius 2 is 1.94 bits per heavy atom. The highest BCUT2D eigenvalue weighted by atomic mass is 32.1. The van der Waals surface area contributed by atoms with Crippen molar-refractivity contribution in [2.45, 2.75) is 33.1 Å². The number of carbonyl (C=O) groups excluding carboxylic acids is 1. The van der Waals surface area contributed by atoms with Crippen LogP contribution in [0.5, 0.6) is 0 Å². The van der Waals surface area contributed by atoms with Gasteiger partial charge in [-0.25, -0.2) is 0 Å². The molecular formula is C13H18N2OS. The average molecular weight is 250 g/mol. The van der Waals surface area contributed by atoms with E-state index in [1.165, 1.54) is 6.92 Å². The largest absolute Gasteiger partial charge is 0.376 e. The Bertz CT molecular complexity index is 461. The first kappa shape index (κ1) is 13.6. The average Bonchev–Trinajstić information content (AvgIpc) is 2.14. The van der Waals surface area contributed by atoms with Crippen LogP contribution in [0.3, 0.4) is 0 Å². The molecule has 0 amide bonds. The van der Waals surface area contributed by atoms with Crippen molar-refractivity contribution in [2.24, 2.45) is 5.73 Å². The zero-order chi connectivity index (χ0) is 13.2. The number of benzene rings is 1. The van der Waals surface area contributed by atoms with Crippen molar-refractivity contribution >= 4 is 28.8 Å². The number of anilines is 1. The van der Waals surface area contributed by atoms with Gasteiger partial charge in [-0.2, -0.15) is 0 Å². The third kappa shape index (κ3) is 3.53. The lowest BCUT2D eigenvalue weighted by Crippen LogP contribution is -2.21. The highest BCUT2D eigenvalue weighted by Crippen LogP contribution is 2.27. The second kappa shape index (κ2) is 4.84. The van der Waals surface area contributed by atoms with Crippen molar-refractivity contribution in [3.63, 3.8) is 0 Å². The van der Waals surface area contributed by atoms with Crippen LogP contribution in [0.1, 0.15) is 43.6 Å². The van der Waals surface area contributed by atoms with Crippen LogP contribution in [0.25, 0.3) is 0 Å². The van der Waals surface area contributed by atoms with E-state index in [0.29, 0.717) is 11.3 Å². The second-order valence-corrected chi connectivity index (χ2v) is 5.50. The van der Waals surface area contributed by atoms with Crippen molar-refractivity contribution in [2.75, 3.05) is 5.32 Å². The van der Waals surface area contributed by atoms with Crippen LogP contribution in [0.4, 0.5) is 5.69 Å². The molecule has 17 heavy (non-hydrogen) atoms. The highest BCUT2D eigenvalue weighted by Gasteiger charge is 2.16. The maximum absolute atomic E-state index is 11.5. The SMILES string of the molecule is CC(=O)c1ccc(C(C)(C)C)cc1NC(N)=S.